The third kappa shape index (κ3) is 5.28. The highest BCUT2D eigenvalue weighted by Gasteiger charge is 2.22. The van der Waals surface area contributed by atoms with Crippen molar-refractivity contribution in [3.63, 3.8) is 0 Å². The summed E-state index contributed by atoms with van der Waals surface area (Å²) in [5, 5.41) is 5.58. The quantitative estimate of drug-likeness (QED) is 0.681. The molecule has 3 aromatic rings. The van der Waals surface area contributed by atoms with Crippen molar-refractivity contribution in [1.82, 2.24) is 10.6 Å². The van der Waals surface area contributed by atoms with Gasteiger partial charge in [-0.15, -0.1) is 0 Å². The van der Waals surface area contributed by atoms with Gasteiger partial charge in [0.2, 0.25) is 11.8 Å². The van der Waals surface area contributed by atoms with E-state index in [0.717, 1.165) is 16.7 Å². The lowest BCUT2D eigenvalue weighted by atomic mass is 9.90. The fraction of sp³-hybridized carbons (Fsp3) is 0.130. The Labute approximate surface area is 159 Å². The molecule has 0 aliphatic rings. The number of rotatable bonds is 7. The summed E-state index contributed by atoms with van der Waals surface area (Å²) in [5.41, 5.74) is 2.81. The Bertz CT molecular complexity index is 825. The number of hydrogen-bond acceptors (Lipinski definition) is 2. The summed E-state index contributed by atoms with van der Waals surface area (Å²) in [6, 6.07) is 28.8. The molecule has 0 heterocycles. The summed E-state index contributed by atoms with van der Waals surface area (Å²) in [6.45, 7) is 0.387. The fourth-order valence-corrected chi connectivity index (χ4v) is 2.91. The van der Waals surface area contributed by atoms with Crippen LogP contribution in [0, 0.1) is 0 Å². The summed E-state index contributed by atoms with van der Waals surface area (Å²) in [7, 11) is 0. The standard InChI is InChI=1S/C23H22N2O2/c26-21(24-16-18-10-4-1-5-11-18)17-25-23(27)22(19-12-6-2-7-13-19)20-14-8-3-9-15-20/h1-15,22H,16-17H2,(H,24,26)(H,25,27). The highest BCUT2D eigenvalue weighted by atomic mass is 16.2. The molecule has 2 N–H and O–H groups in total. The molecule has 0 bridgehead atoms. The van der Waals surface area contributed by atoms with Crippen molar-refractivity contribution in [2.75, 3.05) is 6.54 Å². The normalized spacial score (nSPS) is 10.4. The van der Waals surface area contributed by atoms with E-state index in [9.17, 15) is 9.59 Å². The lowest BCUT2D eigenvalue weighted by Gasteiger charge is -2.18. The Hall–Kier alpha value is -3.40. The average Bonchev–Trinajstić information content (AvgIpc) is 2.73. The van der Waals surface area contributed by atoms with Gasteiger partial charge in [-0.3, -0.25) is 9.59 Å². The van der Waals surface area contributed by atoms with Crippen LogP contribution in [-0.2, 0) is 16.1 Å². The van der Waals surface area contributed by atoms with E-state index < -0.39 is 5.92 Å². The second-order valence-corrected chi connectivity index (χ2v) is 6.23. The molecule has 0 aromatic heterocycles. The molecule has 0 radical (unpaired) electrons. The van der Waals surface area contributed by atoms with E-state index in [4.69, 9.17) is 0 Å². The Morgan fingerprint density at radius 2 is 1.15 bits per heavy atom. The smallest absolute Gasteiger partial charge is 0.239 e. The van der Waals surface area contributed by atoms with E-state index in [0.29, 0.717) is 6.54 Å². The van der Waals surface area contributed by atoms with Crippen LogP contribution in [0.5, 0.6) is 0 Å². The number of amides is 2. The van der Waals surface area contributed by atoms with Crippen LogP contribution in [0.4, 0.5) is 0 Å². The van der Waals surface area contributed by atoms with Gasteiger partial charge in [0.05, 0.1) is 12.5 Å². The van der Waals surface area contributed by atoms with Gasteiger partial charge < -0.3 is 10.6 Å². The maximum atomic E-state index is 12.8. The predicted octanol–water partition coefficient (Wildman–Crippen LogP) is 3.25. The monoisotopic (exact) mass is 358 g/mol. The maximum Gasteiger partial charge on any atom is 0.239 e. The molecule has 0 spiro atoms. The Morgan fingerprint density at radius 3 is 1.67 bits per heavy atom. The van der Waals surface area contributed by atoms with Crippen LogP contribution in [0.2, 0.25) is 0 Å². The molecule has 0 atom stereocenters. The highest BCUT2D eigenvalue weighted by Crippen LogP contribution is 2.24. The Kier molecular flexibility index (Phi) is 6.36. The van der Waals surface area contributed by atoms with Crippen LogP contribution in [0.25, 0.3) is 0 Å². The van der Waals surface area contributed by atoms with Gasteiger partial charge in [0.15, 0.2) is 0 Å². The number of benzene rings is 3. The predicted molar refractivity (Wildman–Crippen MR) is 106 cm³/mol. The Balaban J connectivity index is 1.62. The fourth-order valence-electron chi connectivity index (χ4n) is 2.91. The van der Waals surface area contributed by atoms with Crippen LogP contribution in [0.1, 0.15) is 22.6 Å². The van der Waals surface area contributed by atoms with Gasteiger partial charge >= 0.3 is 0 Å². The topological polar surface area (TPSA) is 58.2 Å². The molecule has 0 saturated heterocycles. The molecule has 0 saturated carbocycles. The van der Waals surface area contributed by atoms with E-state index in [1.54, 1.807) is 0 Å². The van der Waals surface area contributed by atoms with Gasteiger partial charge in [0.1, 0.15) is 0 Å². The largest absolute Gasteiger partial charge is 0.350 e. The Morgan fingerprint density at radius 1 is 0.667 bits per heavy atom. The first-order valence-electron chi connectivity index (χ1n) is 8.92. The van der Waals surface area contributed by atoms with Crippen molar-refractivity contribution in [3.05, 3.63) is 108 Å². The first-order chi connectivity index (χ1) is 13.2. The molecule has 3 rings (SSSR count). The van der Waals surface area contributed by atoms with Crippen molar-refractivity contribution in [2.45, 2.75) is 12.5 Å². The molecular weight excluding hydrogens is 336 g/mol. The molecule has 27 heavy (non-hydrogen) atoms. The molecule has 4 nitrogen and oxygen atoms in total. The van der Waals surface area contributed by atoms with Gasteiger partial charge in [-0.25, -0.2) is 0 Å². The number of hydrogen-bond donors (Lipinski definition) is 2. The minimum absolute atomic E-state index is 0.0537. The zero-order valence-electron chi connectivity index (χ0n) is 15.0. The summed E-state index contributed by atoms with van der Waals surface area (Å²) in [4.78, 5) is 24.9. The SMILES string of the molecule is O=C(CNC(=O)C(c1ccccc1)c1ccccc1)NCc1ccccc1. The summed E-state index contributed by atoms with van der Waals surface area (Å²) in [5.74, 6) is -0.858. The van der Waals surface area contributed by atoms with E-state index in [1.807, 2.05) is 91.0 Å². The summed E-state index contributed by atoms with van der Waals surface area (Å²) < 4.78 is 0. The van der Waals surface area contributed by atoms with Crippen molar-refractivity contribution in [2.24, 2.45) is 0 Å². The third-order valence-corrected chi connectivity index (χ3v) is 4.28. The summed E-state index contributed by atoms with van der Waals surface area (Å²) >= 11 is 0. The summed E-state index contributed by atoms with van der Waals surface area (Å²) in [6.07, 6.45) is 0. The zero-order chi connectivity index (χ0) is 18.9. The van der Waals surface area contributed by atoms with Gasteiger partial charge in [-0.2, -0.15) is 0 Å². The van der Waals surface area contributed by atoms with Crippen LogP contribution in [-0.4, -0.2) is 18.4 Å². The number of carbonyl (C=O) groups excluding carboxylic acids is 2. The van der Waals surface area contributed by atoms with E-state index in [1.165, 1.54) is 0 Å². The molecule has 0 aliphatic heterocycles. The van der Waals surface area contributed by atoms with Crippen LogP contribution >= 0.6 is 0 Å². The van der Waals surface area contributed by atoms with Crippen LogP contribution in [0.15, 0.2) is 91.0 Å². The second-order valence-electron chi connectivity index (χ2n) is 6.23. The molecule has 0 aliphatic carbocycles. The second kappa shape index (κ2) is 9.34. The maximum absolute atomic E-state index is 12.8. The molecular formula is C23H22N2O2. The minimum Gasteiger partial charge on any atom is -0.350 e. The number of nitrogens with one attached hydrogen (secondary N) is 2. The van der Waals surface area contributed by atoms with Crippen molar-refractivity contribution in [3.8, 4) is 0 Å². The van der Waals surface area contributed by atoms with Gasteiger partial charge in [-0.1, -0.05) is 91.0 Å². The lowest BCUT2D eigenvalue weighted by Crippen LogP contribution is -2.39. The van der Waals surface area contributed by atoms with Gasteiger partial charge in [-0.05, 0) is 16.7 Å². The minimum atomic E-state index is -0.450. The van der Waals surface area contributed by atoms with Crippen LogP contribution < -0.4 is 10.6 Å². The molecule has 136 valence electrons. The first-order valence-corrected chi connectivity index (χ1v) is 8.92. The van der Waals surface area contributed by atoms with Gasteiger partial charge in [0.25, 0.3) is 0 Å². The van der Waals surface area contributed by atoms with Crippen LogP contribution in [0.3, 0.4) is 0 Å². The molecule has 0 unspecified atom stereocenters. The molecule has 3 aromatic carbocycles. The number of carbonyl (C=O) groups is 2. The molecule has 0 fully saturated rings. The van der Waals surface area contributed by atoms with Crippen molar-refractivity contribution >= 4 is 11.8 Å². The first kappa shape index (κ1) is 18.4. The average molecular weight is 358 g/mol. The molecule has 4 heteroatoms. The van der Waals surface area contributed by atoms with Crippen molar-refractivity contribution < 1.29 is 9.59 Å². The van der Waals surface area contributed by atoms with E-state index in [2.05, 4.69) is 10.6 Å². The molecule has 2 amide bonds. The van der Waals surface area contributed by atoms with Crippen molar-refractivity contribution in [1.29, 1.82) is 0 Å². The van der Waals surface area contributed by atoms with E-state index in [-0.39, 0.29) is 18.4 Å². The zero-order valence-corrected chi connectivity index (χ0v) is 15.0. The third-order valence-electron chi connectivity index (χ3n) is 4.28. The highest BCUT2D eigenvalue weighted by molar-refractivity contribution is 5.90. The van der Waals surface area contributed by atoms with Gasteiger partial charge in [0, 0.05) is 6.54 Å². The van der Waals surface area contributed by atoms with E-state index >= 15 is 0 Å². The lowest BCUT2D eigenvalue weighted by molar-refractivity contribution is -0.126.